The SMILES string of the molecule is CCCCCCCC1CCC(C(=O)Cc2ccc(OCCCCCC)cc2)C(=O)C1. The first kappa shape index (κ1) is 24.6. The summed E-state index contributed by atoms with van der Waals surface area (Å²) in [7, 11) is 0. The van der Waals surface area contributed by atoms with Crippen molar-refractivity contribution in [2.75, 3.05) is 6.61 Å². The summed E-state index contributed by atoms with van der Waals surface area (Å²) in [5, 5.41) is 0. The van der Waals surface area contributed by atoms with Crippen molar-refractivity contribution in [3.8, 4) is 5.75 Å². The van der Waals surface area contributed by atoms with Crippen molar-refractivity contribution in [3.63, 3.8) is 0 Å². The van der Waals surface area contributed by atoms with E-state index in [9.17, 15) is 9.59 Å². The van der Waals surface area contributed by atoms with Crippen molar-refractivity contribution in [2.45, 2.75) is 104 Å². The molecule has 1 fully saturated rings. The van der Waals surface area contributed by atoms with Gasteiger partial charge in [-0.15, -0.1) is 0 Å². The van der Waals surface area contributed by atoms with E-state index in [-0.39, 0.29) is 17.5 Å². The van der Waals surface area contributed by atoms with Gasteiger partial charge in [0.15, 0.2) is 0 Å². The molecule has 1 aromatic rings. The van der Waals surface area contributed by atoms with E-state index in [1.807, 2.05) is 24.3 Å². The molecule has 2 rings (SSSR count). The van der Waals surface area contributed by atoms with Crippen LogP contribution in [0.15, 0.2) is 24.3 Å². The summed E-state index contributed by atoms with van der Waals surface area (Å²) in [6.07, 6.45) is 15.0. The second kappa shape index (κ2) is 14.4. The molecule has 2 unspecified atom stereocenters. The summed E-state index contributed by atoms with van der Waals surface area (Å²) in [6, 6.07) is 7.82. The lowest BCUT2D eigenvalue weighted by Crippen LogP contribution is -2.32. The van der Waals surface area contributed by atoms with E-state index in [1.165, 1.54) is 51.4 Å². The Balaban J connectivity index is 1.69. The Bertz CT molecular complexity index is 620. The van der Waals surface area contributed by atoms with Crippen LogP contribution in [0.2, 0.25) is 0 Å². The summed E-state index contributed by atoms with van der Waals surface area (Å²) in [4.78, 5) is 25.3. The van der Waals surface area contributed by atoms with Crippen LogP contribution in [0.4, 0.5) is 0 Å². The first-order chi connectivity index (χ1) is 14.6. The lowest BCUT2D eigenvalue weighted by molar-refractivity contribution is -0.135. The van der Waals surface area contributed by atoms with Crippen molar-refractivity contribution >= 4 is 11.6 Å². The summed E-state index contributed by atoms with van der Waals surface area (Å²) in [5.41, 5.74) is 0.976. The third kappa shape index (κ3) is 9.02. The Morgan fingerprint density at radius 3 is 2.23 bits per heavy atom. The van der Waals surface area contributed by atoms with Crippen LogP contribution in [0.25, 0.3) is 0 Å². The number of carbonyl (C=O) groups excluding carboxylic acids is 2. The van der Waals surface area contributed by atoms with Gasteiger partial charge in [-0.25, -0.2) is 0 Å². The maximum Gasteiger partial charge on any atom is 0.147 e. The lowest BCUT2D eigenvalue weighted by atomic mass is 9.76. The number of hydrogen-bond acceptors (Lipinski definition) is 3. The van der Waals surface area contributed by atoms with E-state index >= 15 is 0 Å². The van der Waals surface area contributed by atoms with Gasteiger partial charge in [0.2, 0.25) is 0 Å². The molecule has 30 heavy (non-hydrogen) atoms. The van der Waals surface area contributed by atoms with E-state index in [2.05, 4.69) is 13.8 Å². The van der Waals surface area contributed by atoms with E-state index < -0.39 is 0 Å². The minimum atomic E-state index is -0.379. The molecule has 0 spiro atoms. The predicted molar refractivity (Wildman–Crippen MR) is 124 cm³/mol. The molecule has 0 heterocycles. The summed E-state index contributed by atoms with van der Waals surface area (Å²) in [6.45, 7) is 5.18. The zero-order chi connectivity index (χ0) is 21.6. The minimum Gasteiger partial charge on any atom is -0.494 e. The van der Waals surface area contributed by atoms with E-state index in [0.717, 1.165) is 43.6 Å². The molecule has 1 aliphatic rings. The second-order valence-electron chi connectivity index (χ2n) is 9.07. The van der Waals surface area contributed by atoms with Crippen LogP contribution < -0.4 is 4.74 Å². The molecule has 0 radical (unpaired) electrons. The number of rotatable bonds is 15. The molecule has 0 amide bonds. The quantitative estimate of drug-likeness (QED) is 0.227. The Morgan fingerprint density at radius 1 is 0.900 bits per heavy atom. The molecule has 1 aromatic carbocycles. The van der Waals surface area contributed by atoms with Gasteiger partial charge in [-0.1, -0.05) is 83.8 Å². The molecule has 168 valence electrons. The molecule has 0 saturated heterocycles. The zero-order valence-corrected chi connectivity index (χ0v) is 19.3. The van der Waals surface area contributed by atoms with Gasteiger partial charge in [-0.3, -0.25) is 9.59 Å². The molecule has 2 atom stereocenters. The van der Waals surface area contributed by atoms with E-state index in [4.69, 9.17) is 4.74 Å². The van der Waals surface area contributed by atoms with Crippen LogP contribution in [0.1, 0.15) is 103 Å². The smallest absolute Gasteiger partial charge is 0.147 e. The molecular weight excluding hydrogens is 372 g/mol. The van der Waals surface area contributed by atoms with Gasteiger partial charge >= 0.3 is 0 Å². The number of ketones is 2. The summed E-state index contributed by atoms with van der Waals surface area (Å²) >= 11 is 0. The Hall–Kier alpha value is -1.64. The van der Waals surface area contributed by atoms with Gasteiger partial charge < -0.3 is 4.74 Å². The Labute approximate surface area is 184 Å². The average molecular weight is 415 g/mol. The van der Waals surface area contributed by atoms with Gasteiger partial charge in [0, 0.05) is 12.8 Å². The molecule has 3 nitrogen and oxygen atoms in total. The highest BCUT2D eigenvalue weighted by molar-refractivity contribution is 6.03. The van der Waals surface area contributed by atoms with Gasteiger partial charge in [-0.05, 0) is 42.9 Å². The molecule has 0 bridgehead atoms. The highest BCUT2D eigenvalue weighted by Crippen LogP contribution is 2.31. The summed E-state index contributed by atoms with van der Waals surface area (Å²) < 4.78 is 5.77. The van der Waals surface area contributed by atoms with Crippen LogP contribution in [-0.2, 0) is 16.0 Å². The molecule has 1 aliphatic carbocycles. The zero-order valence-electron chi connectivity index (χ0n) is 19.3. The monoisotopic (exact) mass is 414 g/mol. The fourth-order valence-corrected chi connectivity index (χ4v) is 4.46. The number of ether oxygens (including phenoxy) is 1. The normalized spacial score (nSPS) is 19.1. The fraction of sp³-hybridized carbons (Fsp3) is 0.704. The molecule has 0 N–H and O–H groups in total. The lowest BCUT2D eigenvalue weighted by Gasteiger charge is -2.26. The van der Waals surface area contributed by atoms with Crippen molar-refractivity contribution in [1.29, 1.82) is 0 Å². The standard InChI is InChI=1S/C27H42O3/c1-3-5-7-9-10-12-22-15-18-25(26(28)20-22)27(29)21-23-13-16-24(17-14-23)30-19-11-8-6-4-2/h13-14,16-17,22,25H,3-12,15,18-21H2,1-2H3. The minimum absolute atomic E-state index is 0.0922. The first-order valence-electron chi connectivity index (χ1n) is 12.4. The number of hydrogen-bond donors (Lipinski definition) is 0. The van der Waals surface area contributed by atoms with Gasteiger partial charge in [0.05, 0.1) is 12.5 Å². The topological polar surface area (TPSA) is 43.4 Å². The van der Waals surface area contributed by atoms with Crippen LogP contribution in [0.5, 0.6) is 5.75 Å². The molecule has 0 aliphatic heterocycles. The number of carbonyl (C=O) groups is 2. The van der Waals surface area contributed by atoms with E-state index in [0.29, 0.717) is 18.8 Å². The van der Waals surface area contributed by atoms with Gasteiger partial charge in [0.25, 0.3) is 0 Å². The fourth-order valence-electron chi connectivity index (χ4n) is 4.46. The van der Waals surface area contributed by atoms with Crippen LogP contribution in [-0.4, -0.2) is 18.2 Å². The number of unbranched alkanes of at least 4 members (excludes halogenated alkanes) is 7. The molecule has 0 aromatic heterocycles. The molecule has 1 saturated carbocycles. The highest BCUT2D eigenvalue weighted by Gasteiger charge is 2.32. The highest BCUT2D eigenvalue weighted by atomic mass is 16.5. The van der Waals surface area contributed by atoms with Gasteiger partial charge in [0.1, 0.15) is 17.3 Å². The van der Waals surface area contributed by atoms with Crippen LogP contribution in [0.3, 0.4) is 0 Å². The van der Waals surface area contributed by atoms with Crippen molar-refractivity contribution in [1.82, 2.24) is 0 Å². The molecular formula is C27H42O3. The largest absolute Gasteiger partial charge is 0.494 e. The Kier molecular flexibility index (Phi) is 11.8. The van der Waals surface area contributed by atoms with Gasteiger partial charge in [-0.2, -0.15) is 0 Å². The third-order valence-corrected chi connectivity index (χ3v) is 6.42. The summed E-state index contributed by atoms with van der Waals surface area (Å²) in [5.74, 6) is 1.25. The van der Waals surface area contributed by atoms with Crippen LogP contribution >= 0.6 is 0 Å². The average Bonchev–Trinajstić information content (AvgIpc) is 2.74. The van der Waals surface area contributed by atoms with E-state index in [1.54, 1.807) is 0 Å². The van der Waals surface area contributed by atoms with Crippen molar-refractivity contribution in [3.05, 3.63) is 29.8 Å². The third-order valence-electron chi connectivity index (χ3n) is 6.42. The first-order valence-corrected chi connectivity index (χ1v) is 12.4. The molecule has 3 heteroatoms. The van der Waals surface area contributed by atoms with Crippen LogP contribution in [0, 0.1) is 11.8 Å². The second-order valence-corrected chi connectivity index (χ2v) is 9.07. The predicted octanol–water partition coefficient (Wildman–Crippen LogP) is 7.10. The maximum atomic E-state index is 12.7. The number of benzene rings is 1. The maximum absolute atomic E-state index is 12.7. The van der Waals surface area contributed by atoms with Crippen molar-refractivity contribution < 1.29 is 14.3 Å². The Morgan fingerprint density at radius 2 is 1.57 bits per heavy atom. The number of Topliss-reactive ketones (excluding diaryl/α,β-unsaturated/α-hetero) is 2. The van der Waals surface area contributed by atoms with Crippen molar-refractivity contribution in [2.24, 2.45) is 11.8 Å².